The first-order chi connectivity index (χ1) is 8.52. The van der Waals surface area contributed by atoms with Gasteiger partial charge in [-0.25, -0.2) is 4.98 Å². The largest absolute Gasteiger partial charge is 0.497 e. The fourth-order valence-electron chi connectivity index (χ4n) is 2.36. The number of aromatic nitrogens is 2. The van der Waals surface area contributed by atoms with Crippen LogP contribution in [0.4, 0.5) is 0 Å². The summed E-state index contributed by atoms with van der Waals surface area (Å²) < 4.78 is 7.37. The molecule has 0 fully saturated rings. The quantitative estimate of drug-likeness (QED) is 0.757. The Morgan fingerprint density at radius 3 is 2.44 bits per heavy atom. The van der Waals surface area contributed by atoms with Crippen LogP contribution in [0.25, 0.3) is 11.3 Å². The van der Waals surface area contributed by atoms with Gasteiger partial charge in [0.25, 0.3) is 0 Å². The maximum absolute atomic E-state index is 5.24. The molecule has 3 heteroatoms. The summed E-state index contributed by atoms with van der Waals surface area (Å²) in [5.41, 5.74) is 5.62. The summed E-state index contributed by atoms with van der Waals surface area (Å²) in [6.07, 6.45) is 2.05. The van der Waals surface area contributed by atoms with E-state index in [-0.39, 0.29) is 0 Å². The van der Waals surface area contributed by atoms with Crippen molar-refractivity contribution in [1.82, 2.24) is 4.98 Å². The van der Waals surface area contributed by atoms with Crippen molar-refractivity contribution in [3.63, 3.8) is 0 Å². The minimum atomic E-state index is 0.886. The average molecular weight is 243 g/mol. The van der Waals surface area contributed by atoms with Crippen molar-refractivity contribution in [1.29, 1.82) is 0 Å². The van der Waals surface area contributed by atoms with Crippen molar-refractivity contribution in [2.45, 2.75) is 20.8 Å². The van der Waals surface area contributed by atoms with E-state index in [1.54, 1.807) is 7.11 Å². The molecule has 0 amide bonds. The van der Waals surface area contributed by atoms with E-state index < -0.39 is 0 Å². The van der Waals surface area contributed by atoms with Gasteiger partial charge in [0.05, 0.1) is 12.7 Å². The molecule has 0 aliphatic carbocycles. The van der Waals surface area contributed by atoms with E-state index in [1.165, 1.54) is 11.1 Å². The highest BCUT2D eigenvalue weighted by atomic mass is 16.5. The van der Waals surface area contributed by atoms with Gasteiger partial charge >= 0.3 is 0 Å². The topological polar surface area (TPSA) is 26.0 Å². The number of rotatable bonds is 2. The van der Waals surface area contributed by atoms with Gasteiger partial charge in [-0.05, 0) is 44.5 Å². The van der Waals surface area contributed by atoms with E-state index in [0.29, 0.717) is 0 Å². The van der Waals surface area contributed by atoms with E-state index in [4.69, 9.17) is 4.74 Å². The van der Waals surface area contributed by atoms with E-state index in [2.05, 4.69) is 35.7 Å². The predicted molar refractivity (Wildman–Crippen MR) is 71.6 cm³/mol. The summed E-state index contributed by atoms with van der Waals surface area (Å²) in [7, 11) is 3.74. The number of benzene rings is 1. The molecule has 3 nitrogen and oxygen atoms in total. The Bertz CT molecular complexity index is 568. The number of hydrogen-bond acceptors (Lipinski definition) is 2. The first kappa shape index (κ1) is 12.6. The Kier molecular flexibility index (Phi) is 3.32. The minimum absolute atomic E-state index is 0.886. The molecule has 94 valence electrons. The zero-order chi connectivity index (χ0) is 13.3. The molecule has 0 atom stereocenters. The molecule has 1 heterocycles. The Labute approximate surface area is 108 Å². The Hall–Kier alpha value is -1.90. The fourth-order valence-corrected chi connectivity index (χ4v) is 2.36. The van der Waals surface area contributed by atoms with Crippen LogP contribution in [0.5, 0.6) is 5.75 Å². The van der Waals surface area contributed by atoms with Crippen LogP contribution < -0.4 is 9.30 Å². The second-order valence-electron chi connectivity index (χ2n) is 4.61. The lowest BCUT2D eigenvalue weighted by atomic mass is 10.0. The molecular formula is C15H19N2O+. The van der Waals surface area contributed by atoms with Crippen molar-refractivity contribution in [3.05, 3.63) is 41.3 Å². The molecule has 0 saturated heterocycles. The molecule has 0 aliphatic heterocycles. The lowest BCUT2D eigenvalue weighted by Gasteiger charge is -2.09. The molecule has 2 aromatic rings. The summed E-state index contributed by atoms with van der Waals surface area (Å²) in [5.74, 6) is 0.886. The van der Waals surface area contributed by atoms with Gasteiger partial charge in [-0.1, -0.05) is 0 Å². The van der Waals surface area contributed by atoms with Gasteiger partial charge in [0.1, 0.15) is 24.2 Å². The normalized spacial score (nSPS) is 10.5. The van der Waals surface area contributed by atoms with Crippen LogP contribution in [-0.4, -0.2) is 12.1 Å². The monoisotopic (exact) mass is 243 g/mol. The maximum atomic E-state index is 5.24. The molecule has 2 rings (SSSR count). The van der Waals surface area contributed by atoms with Crippen LogP contribution in [0, 0.1) is 20.8 Å². The van der Waals surface area contributed by atoms with Gasteiger partial charge < -0.3 is 4.74 Å². The summed E-state index contributed by atoms with van der Waals surface area (Å²) >= 11 is 0. The summed E-state index contributed by atoms with van der Waals surface area (Å²) in [4.78, 5) is 4.54. The molecule has 0 radical (unpaired) electrons. The number of methoxy groups -OCH3 is 1. The highest BCUT2D eigenvalue weighted by molar-refractivity contribution is 5.64. The predicted octanol–water partition coefficient (Wildman–Crippen LogP) is 2.51. The number of nitrogens with zero attached hydrogens (tertiary/aromatic N) is 2. The second kappa shape index (κ2) is 4.77. The Morgan fingerprint density at radius 1 is 1.17 bits per heavy atom. The third kappa shape index (κ3) is 2.21. The number of hydrogen-bond donors (Lipinski definition) is 0. The van der Waals surface area contributed by atoms with Crippen molar-refractivity contribution in [2.75, 3.05) is 7.11 Å². The molecule has 1 aromatic carbocycles. The average Bonchev–Trinajstić information content (AvgIpc) is 2.29. The van der Waals surface area contributed by atoms with Crippen LogP contribution in [0.15, 0.2) is 24.4 Å². The van der Waals surface area contributed by atoms with Gasteiger partial charge in [-0.2, -0.15) is 4.57 Å². The van der Waals surface area contributed by atoms with Crippen molar-refractivity contribution in [3.8, 4) is 17.0 Å². The van der Waals surface area contributed by atoms with E-state index in [0.717, 1.165) is 22.8 Å². The van der Waals surface area contributed by atoms with Crippen LogP contribution in [0.2, 0.25) is 0 Å². The SMILES string of the molecule is COc1ccc(-c2c(C)nc(C)c[n+]2C)c(C)c1. The van der Waals surface area contributed by atoms with Crippen LogP contribution in [-0.2, 0) is 7.05 Å². The molecule has 0 bridgehead atoms. The van der Waals surface area contributed by atoms with Gasteiger partial charge in [0, 0.05) is 0 Å². The maximum Gasteiger partial charge on any atom is 0.233 e. The molecule has 0 unspecified atom stereocenters. The van der Waals surface area contributed by atoms with Crippen LogP contribution >= 0.6 is 0 Å². The molecule has 0 spiro atoms. The standard InChI is InChI=1S/C15H19N2O/c1-10-8-13(18-5)6-7-14(10)15-12(3)16-11(2)9-17(15)4/h6-9H,1-5H3/q+1. The van der Waals surface area contributed by atoms with Crippen molar-refractivity contribution in [2.24, 2.45) is 7.05 Å². The second-order valence-corrected chi connectivity index (χ2v) is 4.61. The van der Waals surface area contributed by atoms with E-state index >= 15 is 0 Å². The van der Waals surface area contributed by atoms with Crippen molar-refractivity contribution >= 4 is 0 Å². The molecule has 0 saturated carbocycles. The number of ether oxygens (including phenoxy) is 1. The number of aryl methyl sites for hydroxylation is 4. The van der Waals surface area contributed by atoms with Crippen molar-refractivity contribution < 1.29 is 9.30 Å². The first-order valence-electron chi connectivity index (χ1n) is 6.02. The Balaban J connectivity index is 2.62. The molecular weight excluding hydrogens is 224 g/mol. The minimum Gasteiger partial charge on any atom is -0.497 e. The zero-order valence-electron chi connectivity index (χ0n) is 11.6. The van der Waals surface area contributed by atoms with E-state index in [9.17, 15) is 0 Å². The lowest BCUT2D eigenvalue weighted by molar-refractivity contribution is -0.661. The third-order valence-electron chi connectivity index (χ3n) is 3.11. The van der Waals surface area contributed by atoms with Gasteiger partial charge in [0.15, 0.2) is 6.20 Å². The third-order valence-corrected chi connectivity index (χ3v) is 3.11. The first-order valence-corrected chi connectivity index (χ1v) is 6.02. The van der Waals surface area contributed by atoms with E-state index in [1.807, 2.05) is 26.1 Å². The van der Waals surface area contributed by atoms with Crippen LogP contribution in [0.3, 0.4) is 0 Å². The Morgan fingerprint density at radius 2 is 1.89 bits per heavy atom. The van der Waals surface area contributed by atoms with Crippen LogP contribution in [0.1, 0.15) is 17.0 Å². The zero-order valence-corrected chi connectivity index (χ0v) is 11.6. The van der Waals surface area contributed by atoms with Gasteiger partial charge in [-0.15, -0.1) is 0 Å². The highest BCUT2D eigenvalue weighted by Crippen LogP contribution is 2.26. The molecule has 1 aromatic heterocycles. The fraction of sp³-hybridized carbons (Fsp3) is 0.333. The van der Waals surface area contributed by atoms with Gasteiger partial charge in [0.2, 0.25) is 5.69 Å². The summed E-state index contributed by atoms with van der Waals surface area (Å²) in [5, 5.41) is 0. The summed E-state index contributed by atoms with van der Waals surface area (Å²) in [6.45, 7) is 6.15. The smallest absolute Gasteiger partial charge is 0.233 e. The summed E-state index contributed by atoms with van der Waals surface area (Å²) in [6, 6.07) is 6.13. The molecule has 0 N–H and O–H groups in total. The highest BCUT2D eigenvalue weighted by Gasteiger charge is 2.17. The van der Waals surface area contributed by atoms with Gasteiger partial charge in [-0.3, -0.25) is 0 Å². The molecule has 0 aliphatic rings. The lowest BCUT2D eigenvalue weighted by Crippen LogP contribution is -2.33. The molecule has 18 heavy (non-hydrogen) atoms.